The molecule has 94 valence electrons. The van der Waals surface area contributed by atoms with Crippen LogP contribution in [0, 0.1) is 5.92 Å². The Morgan fingerprint density at radius 2 is 2.11 bits per heavy atom. The van der Waals surface area contributed by atoms with Gasteiger partial charge in [0.1, 0.15) is 5.52 Å². The zero-order valence-corrected chi connectivity index (χ0v) is 11.7. The van der Waals surface area contributed by atoms with E-state index in [2.05, 4.69) is 36.1 Å². The standard InChI is InChI=1S/C14H17N3S/c1-10(2)11(3)14(9-18-4)17-13-8-6-5-7-12(13)15-16-17/h5-10H,3H2,1-2,4H3/b14-9+. The number of thioether (sulfide) groups is 1. The lowest BCUT2D eigenvalue weighted by Gasteiger charge is -2.14. The molecule has 0 bridgehead atoms. The van der Waals surface area contributed by atoms with Gasteiger partial charge in [-0.2, -0.15) is 0 Å². The molecule has 0 fully saturated rings. The molecule has 0 spiro atoms. The topological polar surface area (TPSA) is 30.7 Å². The zero-order valence-electron chi connectivity index (χ0n) is 10.9. The van der Waals surface area contributed by atoms with Crippen molar-refractivity contribution in [2.24, 2.45) is 5.92 Å². The van der Waals surface area contributed by atoms with Crippen molar-refractivity contribution in [3.63, 3.8) is 0 Å². The molecule has 0 aliphatic heterocycles. The quantitative estimate of drug-likeness (QED) is 0.782. The highest BCUT2D eigenvalue weighted by molar-refractivity contribution is 8.01. The number of aromatic nitrogens is 3. The Kier molecular flexibility index (Phi) is 3.87. The molecule has 1 aromatic carbocycles. The van der Waals surface area contributed by atoms with Crippen LogP contribution in [0.2, 0.25) is 0 Å². The first-order chi connectivity index (χ1) is 8.65. The van der Waals surface area contributed by atoms with E-state index >= 15 is 0 Å². The summed E-state index contributed by atoms with van der Waals surface area (Å²) in [7, 11) is 0. The molecule has 0 unspecified atom stereocenters. The van der Waals surface area contributed by atoms with E-state index < -0.39 is 0 Å². The van der Waals surface area contributed by atoms with Gasteiger partial charge in [-0.05, 0) is 35.3 Å². The van der Waals surface area contributed by atoms with Gasteiger partial charge in [-0.25, -0.2) is 4.68 Å². The molecule has 0 amide bonds. The van der Waals surface area contributed by atoms with Gasteiger partial charge >= 0.3 is 0 Å². The molecular weight excluding hydrogens is 242 g/mol. The van der Waals surface area contributed by atoms with E-state index in [0.29, 0.717) is 5.92 Å². The summed E-state index contributed by atoms with van der Waals surface area (Å²) in [4.78, 5) is 0. The minimum Gasteiger partial charge on any atom is -0.212 e. The number of allylic oxidation sites excluding steroid dienone is 2. The monoisotopic (exact) mass is 259 g/mol. The maximum atomic E-state index is 4.24. The fourth-order valence-electron chi connectivity index (χ4n) is 1.72. The lowest BCUT2D eigenvalue weighted by atomic mass is 10.0. The van der Waals surface area contributed by atoms with Crippen LogP contribution in [0.1, 0.15) is 13.8 Å². The van der Waals surface area contributed by atoms with Gasteiger partial charge in [0, 0.05) is 0 Å². The van der Waals surface area contributed by atoms with E-state index in [0.717, 1.165) is 22.3 Å². The summed E-state index contributed by atoms with van der Waals surface area (Å²) in [6.45, 7) is 8.43. The Morgan fingerprint density at radius 1 is 1.39 bits per heavy atom. The number of para-hydroxylation sites is 1. The molecule has 1 aromatic heterocycles. The predicted molar refractivity (Wildman–Crippen MR) is 79.3 cm³/mol. The average Bonchev–Trinajstić information content (AvgIpc) is 2.79. The number of fused-ring (bicyclic) bond motifs is 1. The van der Waals surface area contributed by atoms with Crippen LogP contribution < -0.4 is 0 Å². The molecular formula is C14H17N3S. The summed E-state index contributed by atoms with van der Waals surface area (Å²) in [5, 5.41) is 10.5. The number of rotatable bonds is 4. The van der Waals surface area contributed by atoms with E-state index in [1.54, 1.807) is 11.8 Å². The second kappa shape index (κ2) is 5.40. The molecule has 18 heavy (non-hydrogen) atoms. The smallest absolute Gasteiger partial charge is 0.113 e. The van der Waals surface area contributed by atoms with Gasteiger partial charge in [-0.3, -0.25) is 0 Å². The fourth-order valence-corrected chi connectivity index (χ4v) is 2.19. The molecule has 2 rings (SSSR count). The largest absolute Gasteiger partial charge is 0.212 e. The highest BCUT2D eigenvalue weighted by atomic mass is 32.2. The maximum Gasteiger partial charge on any atom is 0.113 e. The van der Waals surface area contributed by atoms with Crippen LogP contribution in [-0.2, 0) is 0 Å². The first kappa shape index (κ1) is 12.9. The summed E-state index contributed by atoms with van der Waals surface area (Å²) < 4.78 is 1.87. The van der Waals surface area contributed by atoms with Crippen LogP contribution in [-0.4, -0.2) is 21.2 Å². The molecule has 2 aromatic rings. The number of hydrogen-bond acceptors (Lipinski definition) is 3. The summed E-state index contributed by atoms with van der Waals surface area (Å²) in [6, 6.07) is 7.96. The number of nitrogens with zero attached hydrogens (tertiary/aromatic N) is 3. The highest BCUT2D eigenvalue weighted by Crippen LogP contribution is 2.26. The lowest BCUT2D eigenvalue weighted by molar-refractivity contribution is 0.762. The summed E-state index contributed by atoms with van der Waals surface area (Å²) in [6.07, 6.45) is 2.03. The van der Waals surface area contributed by atoms with E-state index in [1.165, 1.54) is 0 Å². The minimum absolute atomic E-state index is 0.381. The van der Waals surface area contributed by atoms with Gasteiger partial charge in [-0.15, -0.1) is 16.9 Å². The predicted octanol–water partition coefficient (Wildman–Crippen LogP) is 3.80. The van der Waals surface area contributed by atoms with Gasteiger partial charge in [-0.1, -0.05) is 37.8 Å². The van der Waals surface area contributed by atoms with Crippen molar-refractivity contribution in [1.82, 2.24) is 15.0 Å². The molecule has 0 atom stereocenters. The number of benzene rings is 1. The summed E-state index contributed by atoms with van der Waals surface area (Å²) in [5.74, 6) is 0.381. The average molecular weight is 259 g/mol. The van der Waals surface area contributed by atoms with E-state index in [1.807, 2.05) is 35.2 Å². The van der Waals surface area contributed by atoms with Gasteiger partial charge in [0.05, 0.1) is 11.2 Å². The molecule has 3 nitrogen and oxygen atoms in total. The Hall–Kier alpha value is -1.55. The van der Waals surface area contributed by atoms with Crippen molar-refractivity contribution in [1.29, 1.82) is 0 Å². The molecule has 0 radical (unpaired) electrons. The van der Waals surface area contributed by atoms with Crippen molar-refractivity contribution in [3.05, 3.63) is 41.8 Å². The van der Waals surface area contributed by atoms with Gasteiger partial charge in [0.2, 0.25) is 0 Å². The Bertz CT molecular complexity index is 596. The maximum absolute atomic E-state index is 4.24. The van der Waals surface area contributed by atoms with Crippen LogP contribution in [0.25, 0.3) is 16.7 Å². The first-order valence-corrected chi connectivity index (χ1v) is 7.17. The van der Waals surface area contributed by atoms with Crippen LogP contribution in [0.5, 0.6) is 0 Å². The van der Waals surface area contributed by atoms with E-state index in [9.17, 15) is 0 Å². The Balaban J connectivity index is 2.56. The van der Waals surface area contributed by atoms with Crippen LogP contribution in [0.4, 0.5) is 0 Å². The van der Waals surface area contributed by atoms with E-state index in [4.69, 9.17) is 0 Å². The molecule has 4 heteroatoms. The SMILES string of the molecule is C=C(/C(=C\SC)n1nnc2ccccc21)C(C)C. The lowest BCUT2D eigenvalue weighted by Crippen LogP contribution is -2.05. The third kappa shape index (κ3) is 2.34. The highest BCUT2D eigenvalue weighted by Gasteiger charge is 2.13. The molecule has 0 N–H and O–H groups in total. The van der Waals surface area contributed by atoms with Gasteiger partial charge in [0.25, 0.3) is 0 Å². The molecule has 0 aliphatic carbocycles. The van der Waals surface area contributed by atoms with Crippen LogP contribution >= 0.6 is 11.8 Å². The third-order valence-corrected chi connectivity index (χ3v) is 3.29. The Morgan fingerprint density at radius 3 is 2.78 bits per heavy atom. The van der Waals surface area contributed by atoms with Crippen molar-refractivity contribution >= 4 is 28.5 Å². The second-order valence-corrected chi connectivity index (χ2v) is 5.12. The third-order valence-electron chi connectivity index (χ3n) is 2.84. The zero-order chi connectivity index (χ0) is 13.1. The van der Waals surface area contributed by atoms with Crippen molar-refractivity contribution in [2.75, 3.05) is 6.26 Å². The van der Waals surface area contributed by atoms with Crippen LogP contribution in [0.15, 0.2) is 41.8 Å². The van der Waals surface area contributed by atoms with Crippen molar-refractivity contribution < 1.29 is 0 Å². The number of hydrogen-bond donors (Lipinski definition) is 0. The molecule has 0 saturated heterocycles. The van der Waals surface area contributed by atoms with Crippen molar-refractivity contribution in [2.45, 2.75) is 13.8 Å². The molecule has 0 saturated carbocycles. The normalized spacial score (nSPS) is 12.3. The fraction of sp³-hybridized carbons (Fsp3) is 0.286. The van der Waals surface area contributed by atoms with Crippen LogP contribution in [0.3, 0.4) is 0 Å². The summed E-state index contributed by atoms with van der Waals surface area (Å²) in [5.41, 5.74) is 4.01. The van der Waals surface area contributed by atoms with Gasteiger partial charge < -0.3 is 0 Å². The molecule has 1 heterocycles. The molecule has 0 aliphatic rings. The van der Waals surface area contributed by atoms with Gasteiger partial charge in [0.15, 0.2) is 0 Å². The Labute approximate surface area is 112 Å². The first-order valence-electron chi connectivity index (χ1n) is 5.88. The van der Waals surface area contributed by atoms with E-state index in [-0.39, 0.29) is 0 Å². The summed E-state index contributed by atoms with van der Waals surface area (Å²) >= 11 is 1.65. The minimum atomic E-state index is 0.381. The van der Waals surface area contributed by atoms with Crippen molar-refractivity contribution in [3.8, 4) is 0 Å². The second-order valence-electron chi connectivity index (χ2n) is 4.41.